The maximum Gasteiger partial charge on any atom is 0.253 e. The van der Waals surface area contributed by atoms with Gasteiger partial charge in [-0.05, 0) is 19.1 Å². The summed E-state index contributed by atoms with van der Waals surface area (Å²) in [7, 11) is 3.42. The minimum atomic E-state index is -0.00365. The molecule has 1 amide bonds. The number of aromatic nitrogens is 1. The van der Waals surface area contributed by atoms with E-state index in [1.807, 2.05) is 6.92 Å². The zero-order chi connectivity index (χ0) is 12.8. The summed E-state index contributed by atoms with van der Waals surface area (Å²) in [5, 5.41) is 0. The maximum atomic E-state index is 12.1. The van der Waals surface area contributed by atoms with E-state index >= 15 is 0 Å². The summed E-state index contributed by atoms with van der Waals surface area (Å²) in [5.74, 6) is -0.00365. The van der Waals surface area contributed by atoms with E-state index in [1.165, 1.54) is 0 Å². The highest BCUT2D eigenvalue weighted by Crippen LogP contribution is 2.08. The Morgan fingerprint density at radius 3 is 2.94 bits per heavy atom. The normalized spacial score (nSPS) is 12.2. The van der Waals surface area contributed by atoms with Crippen molar-refractivity contribution >= 4 is 21.8 Å². The molecular weight excluding hydrogens is 284 g/mol. The highest BCUT2D eigenvalue weighted by molar-refractivity contribution is 9.09. The number of halogens is 1. The summed E-state index contributed by atoms with van der Waals surface area (Å²) in [6, 6.07) is 3.52. The molecule has 1 atom stereocenters. The minimum Gasteiger partial charge on any atom is -0.383 e. The third kappa shape index (κ3) is 4.44. The van der Waals surface area contributed by atoms with E-state index in [0.29, 0.717) is 18.7 Å². The number of hydrogen-bond acceptors (Lipinski definition) is 3. The van der Waals surface area contributed by atoms with Crippen molar-refractivity contribution in [2.45, 2.75) is 11.8 Å². The van der Waals surface area contributed by atoms with E-state index in [1.54, 1.807) is 37.4 Å². The van der Waals surface area contributed by atoms with E-state index in [2.05, 4.69) is 20.9 Å². The van der Waals surface area contributed by atoms with E-state index < -0.39 is 0 Å². The molecule has 1 rings (SSSR count). The predicted molar refractivity (Wildman–Crippen MR) is 70.5 cm³/mol. The molecule has 0 aliphatic heterocycles. The van der Waals surface area contributed by atoms with E-state index in [9.17, 15) is 4.79 Å². The maximum absolute atomic E-state index is 12.1. The Hall–Kier alpha value is -0.940. The molecule has 0 saturated heterocycles. The highest BCUT2D eigenvalue weighted by Gasteiger charge is 2.15. The molecule has 1 unspecified atom stereocenters. The van der Waals surface area contributed by atoms with Gasteiger partial charge < -0.3 is 9.64 Å². The Balaban J connectivity index is 2.63. The fourth-order valence-corrected chi connectivity index (χ4v) is 2.21. The molecule has 0 aliphatic rings. The highest BCUT2D eigenvalue weighted by atomic mass is 79.9. The number of hydrogen-bond donors (Lipinski definition) is 0. The molecule has 1 aromatic heterocycles. The summed E-state index contributed by atoms with van der Waals surface area (Å²) in [6.07, 6.45) is 1.65. The molecule has 0 saturated carbocycles. The third-order valence-corrected chi connectivity index (χ3v) is 2.86. The van der Waals surface area contributed by atoms with E-state index in [-0.39, 0.29) is 10.7 Å². The molecule has 0 bridgehead atoms. The van der Waals surface area contributed by atoms with Crippen molar-refractivity contribution in [3.05, 3.63) is 29.6 Å². The van der Waals surface area contributed by atoms with Crippen LogP contribution in [0.3, 0.4) is 0 Å². The number of methoxy groups -OCH3 is 1. The van der Waals surface area contributed by atoms with Crippen LogP contribution in [0.4, 0.5) is 0 Å². The lowest BCUT2D eigenvalue weighted by Gasteiger charge is -2.20. The summed E-state index contributed by atoms with van der Waals surface area (Å²) in [6.45, 7) is 3.05. The first-order chi connectivity index (χ1) is 8.04. The van der Waals surface area contributed by atoms with Gasteiger partial charge in [-0.2, -0.15) is 0 Å². The van der Waals surface area contributed by atoms with Crippen LogP contribution in [0.5, 0.6) is 0 Å². The van der Waals surface area contributed by atoms with Crippen LogP contribution in [0.15, 0.2) is 18.3 Å². The van der Waals surface area contributed by atoms with Crippen molar-refractivity contribution in [3.8, 4) is 0 Å². The molecule has 0 radical (unpaired) electrons. The van der Waals surface area contributed by atoms with Gasteiger partial charge in [0.2, 0.25) is 0 Å². The van der Waals surface area contributed by atoms with Gasteiger partial charge in [0, 0.05) is 38.2 Å². The van der Waals surface area contributed by atoms with Crippen LogP contribution in [0.25, 0.3) is 0 Å². The molecule has 0 N–H and O–H groups in total. The predicted octanol–water partition coefficient (Wildman–Crippen LogP) is 1.87. The minimum absolute atomic E-state index is 0.00365. The first kappa shape index (κ1) is 14.1. The topological polar surface area (TPSA) is 42.4 Å². The van der Waals surface area contributed by atoms with Crippen LogP contribution >= 0.6 is 15.9 Å². The van der Waals surface area contributed by atoms with Gasteiger partial charge >= 0.3 is 0 Å². The molecule has 1 aromatic rings. The molecular formula is C12H17BrN2O2. The molecule has 1 heterocycles. The van der Waals surface area contributed by atoms with E-state index in [4.69, 9.17) is 4.74 Å². The van der Waals surface area contributed by atoms with Crippen molar-refractivity contribution in [3.63, 3.8) is 0 Å². The Morgan fingerprint density at radius 2 is 2.35 bits per heavy atom. The van der Waals surface area contributed by atoms with Gasteiger partial charge in [-0.15, -0.1) is 0 Å². The Kier molecular flexibility index (Phi) is 5.58. The van der Waals surface area contributed by atoms with Gasteiger partial charge in [-0.25, -0.2) is 0 Å². The number of carbonyl (C=O) groups excluding carboxylic acids is 1. The average molecular weight is 301 g/mol. The van der Waals surface area contributed by atoms with Crippen LogP contribution < -0.4 is 0 Å². The van der Waals surface area contributed by atoms with Crippen molar-refractivity contribution in [2.75, 3.05) is 27.3 Å². The molecule has 0 aromatic carbocycles. The second kappa shape index (κ2) is 6.71. The smallest absolute Gasteiger partial charge is 0.253 e. The standard InChI is InChI=1S/C12H17BrN2O2/c1-9-6-10(4-5-14-9)12(16)15(2)7-11(13)8-17-3/h4-6,11H,7-8H2,1-3H3. The zero-order valence-corrected chi connectivity index (χ0v) is 11.9. The Morgan fingerprint density at radius 1 is 1.65 bits per heavy atom. The first-order valence-electron chi connectivity index (χ1n) is 5.35. The van der Waals surface area contributed by atoms with Crippen LogP contribution in [0, 0.1) is 6.92 Å². The first-order valence-corrected chi connectivity index (χ1v) is 6.27. The number of aryl methyl sites for hydroxylation is 1. The number of alkyl halides is 1. The second-order valence-corrected chi connectivity index (χ2v) is 5.22. The van der Waals surface area contributed by atoms with Gasteiger partial charge in [-0.1, -0.05) is 15.9 Å². The number of rotatable bonds is 5. The van der Waals surface area contributed by atoms with Gasteiger partial charge in [-0.3, -0.25) is 9.78 Å². The summed E-state index contributed by atoms with van der Waals surface area (Å²) < 4.78 is 5.01. The van der Waals surface area contributed by atoms with Gasteiger partial charge in [0.1, 0.15) is 0 Å². The second-order valence-electron chi connectivity index (χ2n) is 3.92. The lowest BCUT2D eigenvalue weighted by Crippen LogP contribution is -2.33. The van der Waals surface area contributed by atoms with Gasteiger partial charge in [0.25, 0.3) is 5.91 Å². The molecule has 94 valence electrons. The summed E-state index contributed by atoms with van der Waals surface area (Å²) in [5.41, 5.74) is 1.51. The number of nitrogens with zero attached hydrogens (tertiary/aromatic N) is 2. The van der Waals surface area contributed by atoms with Crippen molar-refractivity contribution in [1.82, 2.24) is 9.88 Å². The van der Waals surface area contributed by atoms with Crippen LogP contribution in [-0.2, 0) is 4.74 Å². The Labute approximate surface area is 110 Å². The Bertz CT molecular complexity index is 385. The molecule has 0 spiro atoms. The SMILES string of the molecule is COCC(Br)CN(C)C(=O)c1ccnc(C)c1. The zero-order valence-electron chi connectivity index (χ0n) is 10.3. The third-order valence-electron chi connectivity index (χ3n) is 2.31. The van der Waals surface area contributed by atoms with Crippen molar-refractivity contribution in [1.29, 1.82) is 0 Å². The monoisotopic (exact) mass is 300 g/mol. The number of amides is 1. The summed E-state index contributed by atoms with van der Waals surface area (Å²) in [4.78, 5) is 18.0. The van der Waals surface area contributed by atoms with Gasteiger partial charge in [0.15, 0.2) is 0 Å². The van der Waals surface area contributed by atoms with Crippen LogP contribution in [0.1, 0.15) is 16.1 Å². The molecule has 17 heavy (non-hydrogen) atoms. The van der Waals surface area contributed by atoms with Crippen molar-refractivity contribution < 1.29 is 9.53 Å². The largest absolute Gasteiger partial charge is 0.383 e. The van der Waals surface area contributed by atoms with Crippen LogP contribution in [-0.4, -0.2) is 47.9 Å². The average Bonchev–Trinajstić information content (AvgIpc) is 2.28. The summed E-state index contributed by atoms with van der Waals surface area (Å²) >= 11 is 3.46. The molecule has 0 aliphatic carbocycles. The fourth-order valence-electron chi connectivity index (χ4n) is 1.51. The number of ether oxygens (including phenoxy) is 1. The van der Waals surface area contributed by atoms with Gasteiger partial charge in [0.05, 0.1) is 11.4 Å². The quantitative estimate of drug-likeness (QED) is 0.780. The van der Waals surface area contributed by atoms with E-state index in [0.717, 1.165) is 5.69 Å². The molecule has 4 nitrogen and oxygen atoms in total. The molecule has 0 fully saturated rings. The molecule has 5 heteroatoms. The number of carbonyl (C=O) groups is 1. The number of pyridine rings is 1. The lowest BCUT2D eigenvalue weighted by atomic mass is 10.2. The lowest BCUT2D eigenvalue weighted by molar-refractivity contribution is 0.0784. The van der Waals surface area contributed by atoms with Crippen molar-refractivity contribution in [2.24, 2.45) is 0 Å². The fraction of sp³-hybridized carbons (Fsp3) is 0.500. The van der Waals surface area contributed by atoms with Crippen LogP contribution in [0.2, 0.25) is 0 Å².